The van der Waals surface area contributed by atoms with Crippen molar-refractivity contribution in [3.8, 4) is 0 Å². The van der Waals surface area contributed by atoms with Gasteiger partial charge in [0.2, 0.25) is 5.95 Å². The van der Waals surface area contributed by atoms with Gasteiger partial charge in [-0.15, -0.1) is 6.58 Å². The van der Waals surface area contributed by atoms with E-state index in [1.807, 2.05) is 6.07 Å². The molecule has 5 nitrogen and oxygen atoms in total. The molecule has 5 heteroatoms. The van der Waals surface area contributed by atoms with Crippen molar-refractivity contribution in [1.29, 1.82) is 0 Å². The summed E-state index contributed by atoms with van der Waals surface area (Å²) >= 11 is 0. The van der Waals surface area contributed by atoms with Crippen LogP contribution < -0.4 is 10.6 Å². The van der Waals surface area contributed by atoms with E-state index < -0.39 is 0 Å². The molecule has 2 N–H and O–H groups in total. The third-order valence-corrected chi connectivity index (χ3v) is 2.15. The minimum Gasteiger partial charge on any atom is -0.366 e. The van der Waals surface area contributed by atoms with Crippen LogP contribution in [0.1, 0.15) is 6.42 Å². The summed E-state index contributed by atoms with van der Waals surface area (Å²) in [5, 5.41) is 6.33. The highest BCUT2D eigenvalue weighted by Gasteiger charge is 1.97. The molecule has 0 atom stereocenters. The van der Waals surface area contributed by atoms with E-state index >= 15 is 0 Å². The summed E-state index contributed by atoms with van der Waals surface area (Å²) in [5.74, 6) is 1.48. The zero-order valence-electron chi connectivity index (χ0n) is 10.6. The Labute approximate surface area is 103 Å². The van der Waals surface area contributed by atoms with Gasteiger partial charge in [0.1, 0.15) is 5.82 Å². The molecule has 0 bridgehead atoms. The number of hydrogen-bond donors (Lipinski definition) is 2. The maximum Gasteiger partial charge on any atom is 0.224 e. The van der Waals surface area contributed by atoms with Crippen molar-refractivity contribution in [2.45, 2.75) is 6.42 Å². The molecule has 1 aromatic rings. The standard InChI is InChI=1S/C12H21N5/c1-4-7-13-11-6-9-15-12(16-11)14-8-5-10-17(2)3/h4,6,9H,1,5,7-8,10H2,2-3H3,(H2,13,14,15,16). The monoisotopic (exact) mass is 235 g/mol. The maximum absolute atomic E-state index is 4.33. The second kappa shape index (κ2) is 7.62. The van der Waals surface area contributed by atoms with E-state index in [0.717, 1.165) is 25.3 Å². The minimum atomic E-state index is 0.665. The van der Waals surface area contributed by atoms with Gasteiger partial charge in [-0.1, -0.05) is 6.08 Å². The maximum atomic E-state index is 4.33. The van der Waals surface area contributed by atoms with Crippen LogP contribution in [0, 0.1) is 0 Å². The molecule has 0 radical (unpaired) electrons. The summed E-state index contributed by atoms with van der Waals surface area (Å²) in [5.41, 5.74) is 0. The summed E-state index contributed by atoms with van der Waals surface area (Å²) in [6, 6.07) is 1.84. The Morgan fingerprint density at radius 3 is 2.94 bits per heavy atom. The fourth-order valence-electron chi connectivity index (χ4n) is 1.31. The highest BCUT2D eigenvalue weighted by molar-refractivity contribution is 5.39. The van der Waals surface area contributed by atoms with E-state index in [0.29, 0.717) is 12.5 Å². The molecular weight excluding hydrogens is 214 g/mol. The second-order valence-electron chi connectivity index (χ2n) is 4.02. The molecule has 1 rings (SSSR count). The molecule has 0 aliphatic heterocycles. The van der Waals surface area contributed by atoms with E-state index in [2.05, 4.69) is 46.2 Å². The number of anilines is 2. The highest BCUT2D eigenvalue weighted by atomic mass is 15.1. The van der Waals surface area contributed by atoms with Crippen LogP contribution in [0.25, 0.3) is 0 Å². The smallest absolute Gasteiger partial charge is 0.224 e. The molecule has 0 spiro atoms. The largest absolute Gasteiger partial charge is 0.366 e. The van der Waals surface area contributed by atoms with Crippen LogP contribution in [0.5, 0.6) is 0 Å². The Morgan fingerprint density at radius 2 is 2.24 bits per heavy atom. The molecule has 0 saturated carbocycles. The van der Waals surface area contributed by atoms with Gasteiger partial charge in [-0.2, -0.15) is 4.98 Å². The van der Waals surface area contributed by atoms with Crippen LogP contribution in [0.15, 0.2) is 24.9 Å². The first-order valence-corrected chi connectivity index (χ1v) is 5.79. The lowest BCUT2D eigenvalue weighted by molar-refractivity contribution is 0.405. The first-order chi connectivity index (χ1) is 8.22. The third-order valence-electron chi connectivity index (χ3n) is 2.15. The van der Waals surface area contributed by atoms with Crippen LogP contribution >= 0.6 is 0 Å². The van der Waals surface area contributed by atoms with E-state index in [-0.39, 0.29) is 0 Å². The van der Waals surface area contributed by atoms with Gasteiger partial charge < -0.3 is 15.5 Å². The molecule has 0 amide bonds. The van der Waals surface area contributed by atoms with Gasteiger partial charge >= 0.3 is 0 Å². The van der Waals surface area contributed by atoms with Crippen LogP contribution in [-0.4, -0.2) is 48.6 Å². The van der Waals surface area contributed by atoms with E-state index in [4.69, 9.17) is 0 Å². The first-order valence-electron chi connectivity index (χ1n) is 5.79. The predicted octanol–water partition coefficient (Wildman–Crippen LogP) is 1.44. The average Bonchev–Trinajstić information content (AvgIpc) is 2.32. The van der Waals surface area contributed by atoms with Crippen molar-refractivity contribution < 1.29 is 0 Å². The van der Waals surface area contributed by atoms with Gasteiger partial charge in [0.15, 0.2) is 0 Å². The third kappa shape index (κ3) is 5.87. The van der Waals surface area contributed by atoms with Crippen molar-refractivity contribution in [3.63, 3.8) is 0 Å². The summed E-state index contributed by atoms with van der Waals surface area (Å²) in [4.78, 5) is 10.7. The summed E-state index contributed by atoms with van der Waals surface area (Å²) in [6.07, 6.45) is 4.61. The van der Waals surface area contributed by atoms with Gasteiger partial charge in [-0.05, 0) is 33.1 Å². The fourth-order valence-corrected chi connectivity index (χ4v) is 1.31. The SMILES string of the molecule is C=CCNc1ccnc(NCCCN(C)C)n1. The van der Waals surface area contributed by atoms with Gasteiger partial charge in [0.05, 0.1) is 0 Å². The lowest BCUT2D eigenvalue weighted by Gasteiger charge is -2.10. The average molecular weight is 235 g/mol. The van der Waals surface area contributed by atoms with Gasteiger partial charge in [-0.25, -0.2) is 4.98 Å². The Bertz CT molecular complexity index is 337. The molecule has 0 unspecified atom stereocenters. The molecule has 0 saturated heterocycles. The van der Waals surface area contributed by atoms with Crippen LogP contribution in [-0.2, 0) is 0 Å². The van der Waals surface area contributed by atoms with Gasteiger partial charge in [0, 0.05) is 19.3 Å². The molecule has 94 valence electrons. The van der Waals surface area contributed by atoms with E-state index in [1.54, 1.807) is 12.3 Å². The Balaban J connectivity index is 2.34. The Kier molecular flexibility index (Phi) is 6.03. The lowest BCUT2D eigenvalue weighted by Crippen LogP contribution is -2.17. The molecule has 1 heterocycles. The van der Waals surface area contributed by atoms with Crippen LogP contribution in [0.4, 0.5) is 11.8 Å². The molecule has 17 heavy (non-hydrogen) atoms. The Hall–Kier alpha value is -1.62. The topological polar surface area (TPSA) is 53.1 Å². The van der Waals surface area contributed by atoms with Crippen molar-refractivity contribution in [3.05, 3.63) is 24.9 Å². The zero-order chi connectivity index (χ0) is 12.5. The van der Waals surface area contributed by atoms with Gasteiger partial charge in [-0.3, -0.25) is 0 Å². The quantitative estimate of drug-likeness (QED) is 0.527. The van der Waals surface area contributed by atoms with Crippen molar-refractivity contribution in [1.82, 2.24) is 14.9 Å². The lowest BCUT2D eigenvalue weighted by atomic mass is 10.4. The molecule has 0 aromatic carbocycles. The fraction of sp³-hybridized carbons (Fsp3) is 0.500. The number of hydrogen-bond acceptors (Lipinski definition) is 5. The highest BCUT2D eigenvalue weighted by Crippen LogP contribution is 2.05. The predicted molar refractivity (Wildman–Crippen MR) is 72.4 cm³/mol. The zero-order valence-corrected chi connectivity index (χ0v) is 10.6. The number of nitrogens with one attached hydrogen (secondary N) is 2. The Morgan fingerprint density at radius 1 is 1.41 bits per heavy atom. The van der Waals surface area contributed by atoms with E-state index in [1.165, 1.54) is 0 Å². The van der Waals surface area contributed by atoms with Crippen LogP contribution in [0.2, 0.25) is 0 Å². The summed E-state index contributed by atoms with van der Waals surface area (Å²) in [7, 11) is 4.13. The summed E-state index contributed by atoms with van der Waals surface area (Å²) in [6.45, 7) is 6.29. The minimum absolute atomic E-state index is 0.665. The van der Waals surface area contributed by atoms with Crippen molar-refractivity contribution in [2.24, 2.45) is 0 Å². The molecule has 0 aliphatic rings. The van der Waals surface area contributed by atoms with Gasteiger partial charge in [0.25, 0.3) is 0 Å². The molecule has 1 aromatic heterocycles. The number of nitrogens with zero attached hydrogens (tertiary/aromatic N) is 3. The molecule has 0 aliphatic carbocycles. The second-order valence-corrected chi connectivity index (χ2v) is 4.02. The normalized spacial score (nSPS) is 10.3. The summed E-state index contributed by atoms with van der Waals surface area (Å²) < 4.78 is 0. The molecular formula is C12H21N5. The van der Waals surface area contributed by atoms with E-state index in [9.17, 15) is 0 Å². The van der Waals surface area contributed by atoms with Crippen LogP contribution in [0.3, 0.4) is 0 Å². The van der Waals surface area contributed by atoms with Crippen molar-refractivity contribution >= 4 is 11.8 Å². The molecule has 0 fully saturated rings. The van der Waals surface area contributed by atoms with Crippen molar-refractivity contribution in [2.75, 3.05) is 44.4 Å². The first kappa shape index (κ1) is 13.4. The number of rotatable bonds is 8. The number of aromatic nitrogens is 2.